The molecule has 1 aliphatic carbocycles. The lowest BCUT2D eigenvalue weighted by atomic mass is 9.92. The van der Waals surface area contributed by atoms with Crippen LogP contribution in [0.5, 0.6) is 5.75 Å². The molecule has 2 N–H and O–H groups in total. The number of sulfonamides is 1. The second-order valence-corrected chi connectivity index (χ2v) is 10.1. The molecule has 1 fully saturated rings. The first-order valence-corrected chi connectivity index (χ1v) is 12.7. The number of nitrogens with one attached hydrogen (secondary N) is 2. The lowest BCUT2D eigenvalue weighted by Gasteiger charge is -2.16. The maximum Gasteiger partial charge on any atom is 0.240 e. The molecule has 1 unspecified atom stereocenters. The molecule has 32 heavy (non-hydrogen) atoms. The molecule has 1 atom stereocenters. The van der Waals surface area contributed by atoms with Crippen LogP contribution in [0.1, 0.15) is 43.2 Å². The van der Waals surface area contributed by atoms with Crippen molar-refractivity contribution in [1.82, 2.24) is 4.72 Å². The third-order valence-corrected chi connectivity index (χ3v) is 7.31. The summed E-state index contributed by atoms with van der Waals surface area (Å²) in [6, 6.07) is 12.5. The van der Waals surface area contributed by atoms with Crippen molar-refractivity contribution in [3.8, 4) is 5.75 Å². The Morgan fingerprint density at radius 2 is 1.91 bits per heavy atom. The van der Waals surface area contributed by atoms with E-state index in [0.29, 0.717) is 18.0 Å². The second kappa shape index (κ2) is 10.5. The molecule has 0 saturated carbocycles. The van der Waals surface area contributed by atoms with Gasteiger partial charge in [0, 0.05) is 31.3 Å². The lowest BCUT2D eigenvalue weighted by Crippen LogP contribution is -2.28. The fourth-order valence-electron chi connectivity index (χ4n) is 4.11. The van der Waals surface area contributed by atoms with Gasteiger partial charge in [0.1, 0.15) is 12.4 Å². The molecule has 2 aromatic rings. The molecule has 0 aromatic heterocycles. The van der Waals surface area contributed by atoms with Gasteiger partial charge in [-0.1, -0.05) is 12.1 Å². The van der Waals surface area contributed by atoms with E-state index in [-0.39, 0.29) is 29.9 Å². The van der Waals surface area contributed by atoms with Gasteiger partial charge in [0.15, 0.2) is 0 Å². The lowest BCUT2D eigenvalue weighted by molar-refractivity contribution is -0.116. The Labute approximate surface area is 189 Å². The first-order chi connectivity index (χ1) is 15.5. The Balaban J connectivity index is 1.25. The van der Waals surface area contributed by atoms with Crippen molar-refractivity contribution in [3.63, 3.8) is 0 Å². The Bertz CT molecular complexity index is 1050. The number of ether oxygens (including phenoxy) is 2. The van der Waals surface area contributed by atoms with E-state index in [9.17, 15) is 13.2 Å². The van der Waals surface area contributed by atoms with Gasteiger partial charge in [0.05, 0.1) is 11.0 Å². The molecular formula is C24H30N2O5S. The van der Waals surface area contributed by atoms with Gasteiger partial charge in [-0.2, -0.15) is 0 Å². The zero-order valence-electron chi connectivity index (χ0n) is 18.1. The Kier molecular flexibility index (Phi) is 7.44. The average molecular weight is 459 g/mol. The molecule has 8 heteroatoms. The van der Waals surface area contributed by atoms with Crippen molar-refractivity contribution in [2.75, 3.05) is 25.1 Å². The smallest absolute Gasteiger partial charge is 0.240 e. The number of hydrogen-bond donors (Lipinski definition) is 2. The van der Waals surface area contributed by atoms with Gasteiger partial charge in [-0.15, -0.1) is 0 Å². The number of aryl methyl sites for hydroxylation is 2. The van der Waals surface area contributed by atoms with Gasteiger partial charge in [-0.05, 0) is 73.9 Å². The van der Waals surface area contributed by atoms with E-state index in [1.54, 1.807) is 30.3 Å². The first-order valence-electron chi connectivity index (χ1n) is 11.3. The molecule has 2 aliphatic rings. The molecule has 1 heterocycles. The highest BCUT2D eigenvalue weighted by Crippen LogP contribution is 2.24. The van der Waals surface area contributed by atoms with Crippen molar-refractivity contribution in [2.45, 2.75) is 55.9 Å². The van der Waals surface area contributed by atoms with Crippen LogP contribution >= 0.6 is 0 Å². The van der Waals surface area contributed by atoms with Crippen LogP contribution in [0.25, 0.3) is 0 Å². The number of rotatable bonds is 9. The maximum atomic E-state index is 12.6. The number of carbonyl (C=O) groups excluding carboxylic acids is 1. The van der Waals surface area contributed by atoms with Crippen LogP contribution in [0.2, 0.25) is 0 Å². The van der Waals surface area contributed by atoms with Gasteiger partial charge in [0.25, 0.3) is 0 Å². The molecule has 0 bridgehead atoms. The average Bonchev–Trinajstić information content (AvgIpc) is 3.31. The molecule has 1 aliphatic heterocycles. The monoisotopic (exact) mass is 458 g/mol. The van der Waals surface area contributed by atoms with Gasteiger partial charge in [-0.25, -0.2) is 13.1 Å². The number of carbonyl (C=O) groups is 1. The standard InChI is InChI=1S/C24H30N2O5S/c27-24(26-20-7-3-8-21(16-20)31-17-22-9-4-14-30-22)12-13-25-32(28,29)23-11-10-18-5-1-2-6-19(18)15-23/h3,7-8,10-11,15-16,22,25H,1-2,4-6,9,12-14,17H2,(H,26,27). The van der Waals surface area contributed by atoms with E-state index in [1.807, 2.05) is 12.1 Å². The molecule has 7 nitrogen and oxygen atoms in total. The molecule has 0 radical (unpaired) electrons. The van der Waals surface area contributed by atoms with E-state index < -0.39 is 10.0 Å². The molecule has 1 saturated heterocycles. The van der Waals surface area contributed by atoms with Crippen LogP contribution < -0.4 is 14.8 Å². The van der Waals surface area contributed by atoms with Gasteiger partial charge < -0.3 is 14.8 Å². The fourth-order valence-corrected chi connectivity index (χ4v) is 5.19. The third-order valence-electron chi connectivity index (χ3n) is 5.85. The molecule has 0 spiro atoms. The number of fused-ring (bicyclic) bond motifs is 1. The number of benzene rings is 2. The number of amides is 1. The fraction of sp³-hybridized carbons (Fsp3) is 0.458. The van der Waals surface area contributed by atoms with Gasteiger partial charge >= 0.3 is 0 Å². The number of hydrogen-bond acceptors (Lipinski definition) is 5. The SMILES string of the molecule is O=C(CCNS(=O)(=O)c1ccc2c(c1)CCCC2)Nc1cccc(OCC2CCCO2)c1. The van der Waals surface area contributed by atoms with Crippen molar-refractivity contribution >= 4 is 21.6 Å². The predicted octanol–water partition coefficient (Wildman–Crippen LogP) is 3.43. The zero-order chi connectivity index (χ0) is 22.4. The molecule has 2 aromatic carbocycles. The van der Waals surface area contributed by atoms with Crippen LogP contribution in [-0.4, -0.2) is 40.2 Å². The minimum atomic E-state index is -3.65. The molecule has 4 rings (SSSR count). The van der Waals surface area contributed by atoms with Crippen LogP contribution in [0, 0.1) is 0 Å². The molecule has 1 amide bonds. The summed E-state index contributed by atoms with van der Waals surface area (Å²) in [6.07, 6.45) is 6.36. The maximum absolute atomic E-state index is 12.6. The van der Waals surface area contributed by atoms with Gasteiger partial charge in [-0.3, -0.25) is 4.79 Å². The summed E-state index contributed by atoms with van der Waals surface area (Å²) in [4.78, 5) is 12.6. The zero-order valence-corrected chi connectivity index (χ0v) is 19.0. The highest BCUT2D eigenvalue weighted by molar-refractivity contribution is 7.89. The van der Waals surface area contributed by atoms with Crippen LogP contribution in [-0.2, 0) is 32.4 Å². The van der Waals surface area contributed by atoms with E-state index in [4.69, 9.17) is 9.47 Å². The largest absolute Gasteiger partial charge is 0.491 e. The number of anilines is 1. The van der Waals surface area contributed by atoms with E-state index in [2.05, 4.69) is 10.0 Å². The van der Waals surface area contributed by atoms with Crippen LogP contribution in [0.3, 0.4) is 0 Å². The molecule has 172 valence electrons. The van der Waals surface area contributed by atoms with E-state index in [0.717, 1.165) is 50.7 Å². The summed E-state index contributed by atoms with van der Waals surface area (Å²) < 4.78 is 39.1. The molecular weight excluding hydrogens is 428 g/mol. The van der Waals surface area contributed by atoms with E-state index in [1.165, 1.54) is 5.56 Å². The highest BCUT2D eigenvalue weighted by Gasteiger charge is 2.18. The Morgan fingerprint density at radius 3 is 2.72 bits per heavy atom. The van der Waals surface area contributed by atoms with Crippen molar-refractivity contribution in [1.29, 1.82) is 0 Å². The van der Waals surface area contributed by atoms with Gasteiger partial charge in [0.2, 0.25) is 15.9 Å². The summed E-state index contributed by atoms with van der Waals surface area (Å²) in [5.41, 5.74) is 2.95. The van der Waals surface area contributed by atoms with Crippen LogP contribution in [0.15, 0.2) is 47.4 Å². The summed E-state index contributed by atoms with van der Waals surface area (Å²) in [7, 11) is -3.65. The quantitative estimate of drug-likeness (QED) is 0.601. The first kappa shape index (κ1) is 22.8. The van der Waals surface area contributed by atoms with E-state index >= 15 is 0 Å². The topological polar surface area (TPSA) is 93.7 Å². The summed E-state index contributed by atoms with van der Waals surface area (Å²) >= 11 is 0. The second-order valence-electron chi connectivity index (χ2n) is 8.31. The van der Waals surface area contributed by atoms with Crippen molar-refractivity contribution in [3.05, 3.63) is 53.6 Å². The van der Waals surface area contributed by atoms with Crippen molar-refractivity contribution in [2.24, 2.45) is 0 Å². The Hall–Kier alpha value is -2.42. The normalized spacial score (nSPS) is 18.2. The Morgan fingerprint density at radius 1 is 1.06 bits per heavy atom. The van der Waals surface area contributed by atoms with Crippen LogP contribution in [0.4, 0.5) is 5.69 Å². The summed E-state index contributed by atoms with van der Waals surface area (Å²) in [5, 5.41) is 2.79. The highest BCUT2D eigenvalue weighted by atomic mass is 32.2. The minimum absolute atomic E-state index is 0.0282. The van der Waals surface area contributed by atoms with Crippen molar-refractivity contribution < 1.29 is 22.7 Å². The third kappa shape index (κ3) is 6.09. The summed E-state index contributed by atoms with van der Waals surface area (Å²) in [5.74, 6) is 0.390. The summed E-state index contributed by atoms with van der Waals surface area (Å²) in [6.45, 7) is 1.29. The minimum Gasteiger partial charge on any atom is -0.491 e. The predicted molar refractivity (Wildman–Crippen MR) is 122 cm³/mol.